The molecule has 166 valence electrons. The molecule has 0 bridgehead atoms. The normalized spacial score (nSPS) is 15.2. The van der Waals surface area contributed by atoms with E-state index in [0.29, 0.717) is 29.9 Å². The van der Waals surface area contributed by atoms with Crippen molar-refractivity contribution in [3.8, 4) is 11.5 Å². The second-order valence-corrected chi connectivity index (χ2v) is 8.07. The van der Waals surface area contributed by atoms with Crippen LogP contribution in [0.3, 0.4) is 0 Å². The average molecular weight is 440 g/mol. The number of carbonyl (C=O) groups is 1. The number of methoxy groups -OCH3 is 2. The Hall–Kier alpha value is -4.06. The number of rotatable bonds is 4. The number of carbonyl (C=O) groups excluding carboxylic acids is 1. The Morgan fingerprint density at radius 3 is 2.39 bits per heavy atom. The van der Waals surface area contributed by atoms with E-state index < -0.39 is 0 Å². The summed E-state index contributed by atoms with van der Waals surface area (Å²) in [6.07, 6.45) is 0.669. The molecule has 1 atom stereocenters. The molecule has 0 aliphatic carbocycles. The van der Waals surface area contributed by atoms with Gasteiger partial charge in [0.05, 0.1) is 20.3 Å². The van der Waals surface area contributed by atoms with Gasteiger partial charge in [0.2, 0.25) is 0 Å². The van der Waals surface area contributed by atoms with Crippen LogP contribution in [0.15, 0.2) is 77.6 Å². The maximum Gasteiger partial charge on any atom is 0.271 e. The van der Waals surface area contributed by atoms with Gasteiger partial charge in [-0.15, -0.1) is 0 Å². The fourth-order valence-electron chi connectivity index (χ4n) is 4.64. The number of amides is 1. The molecule has 3 aromatic carbocycles. The van der Waals surface area contributed by atoms with Crippen molar-refractivity contribution in [3.05, 3.63) is 106 Å². The second-order valence-electron chi connectivity index (χ2n) is 8.07. The summed E-state index contributed by atoms with van der Waals surface area (Å²) >= 11 is 0. The predicted molar refractivity (Wildman–Crippen MR) is 127 cm³/mol. The van der Waals surface area contributed by atoms with Crippen molar-refractivity contribution in [3.63, 3.8) is 0 Å². The highest BCUT2D eigenvalue weighted by atomic mass is 16.5. The van der Waals surface area contributed by atoms with Gasteiger partial charge in [0.15, 0.2) is 11.5 Å². The molecule has 0 saturated heterocycles. The number of benzene rings is 3. The third-order valence-corrected chi connectivity index (χ3v) is 6.23. The smallest absolute Gasteiger partial charge is 0.271 e. The number of pyridine rings is 1. The topological polar surface area (TPSA) is 71.6 Å². The van der Waals surface area contributed by atoms with Crippen LogP contribution in [0.5, 0.6) is 11.5 Å². The van der Waals surface area contributed by atoms with Gasteiger partial charge in [0.1, 0.15) is 5.69 Å². The van der Waals surface area contributed by atoms with E-state index in [1.54, 1.807) is 26.4 Å². The van der Waals surface area contributed by atoms with Gasteiger partial charge in [-0.25, -0.2) is 0 Å². The molecular formula is C27H24N2O4. The molecule has 0 radical (unpaired) electrons. The third kappa shape index (κ3) is 3.63. The van der Waals surface area contributed by atoms with Gasteiger partial charge in [-0.1, -0.05) is 48.5 Å². The molecule has 0 saturated carbocycles. The molecule has 1 aliphatic rings. The molecule has 1 unspecified atom stereocenters. The summed E-state index contributed by atoms with van der Waals surface area (Å²) in [6, 6.07) is 22.6. The predicted octanol–water partition coefficient (Wildman–Crippen LogP) is 4.33. The van der Waals surface area contributed by atoms with Crippen LogP contribution in [0.1, 0.15) is 33.2 Å². The molecule has 6 heteroatoms. The Kier molecular flexibility index (Phi) is 5.34. The number of hydrogen-bond donors (Lipinski definition) is 1. The second kappa shape index (κ2) is 8.47. The SMILES string of the molecule is COc1cc2c(cc1OC)C(c1ccccc1)N(C(=O)c1cc3ccccc3c(=O)[nH]1)CC2. The van der Waals surface area contributed by atoms with Crippen molar-refractivity contribution >= 4 is 16.7 Å². The lowest BCUT2D eigenvalue weighted by Crippen LogP contribution is -2.41. The number of nitrogens with zero attached hydrogens (tertiary/aromatic N) is 1. The zero-order valence-electron chi connectivity index (χ0n) is 18.5. The van der Waals surface area contributed by atoms with Crippen LogP contribution in [0.4, 0.5) is 0 Å². The Labute approximate surface area is 191 Å². The first-order valence-corrected chi connectivity index (χ1v) is 10.8. The van der Waals surface area contributed by atoms with Gasteiger partial charge in [0, 0.05) is 11.9 Å². The Bertz CT molecular complexity index is 1390. The summed E-state index contributed by atoms with van der Waals surface area (Å²) in [6.45, 7) is 0.510. The summed E-state index contributed by atoms with van der Waals surface area (Å²) in [5.41, 5.74) is 3.10. The van der Waals surface area contributed by atoms with Gasteiger partial charge < -0.3 is 19.4 Å². The van der Waals surface area contributed by atoms with Crippen molar-refractivity contribution in [2.24, 2.45) is 0 Å². The molecule has 0 fully saturated rings. The molecule has 1 aromatic heterocycles. The van der Waals surface area contributed by atoms with E-state index in [0.717, 1.165) is 22.1 Å². The molecule has 1 N–H and O–H groups in total. The van der Waals surface area contributed by atoms with Crippen LogP contribution in [0, 0.1) is 0 Å². The largest absolute Gasteiger partial charge is 0.493 e. The standard InChI is InChI=1S/C27H24N2O4/c1-32-23-15-19-12-13-29(25(17-8-4-3-5-9-17)21(19)16-24(23)33-2)27(31)22-14-18-10-6-7-11-20(18)26(30)28-22/h3-11,14-16,25H,12-13H2,1-2H3,(H,28,30). The van der Waals surface area contributed by atoms with Crippen LogP contribution >= 0.6 is 0 Å². The Balaban J connectivity index is 1.64. The van der Waals surface area contributed by atoms with Gasteiger partial charge in [0.25, 0.3) is 11.5 Å². The molecule has 0 spiro atoms. The lowest BCUT2D eigenvalue weighted by molar-refractivity contribution is 0.0688. The number of ether oxygens (including phenoxy) is 2. The maximum absolute atomic E-state index is 13.8. The van der Waals surface area contributed by atoms with E-state index in [9.17, 15) is 9.59 Å². The molecule has 2 heterocycles. The first-order valence-electron chi connectivity index (χ1n) is 10.8. The first kappa shape index (κ1) is 20.8. The number of nitrogens with one attached hydrogen (secondary N) is 1. The molecule has 4 aromatic rings. The summed E-state index contributed by atoms with van der Waals surface area (Å²) in [4.78, 5) is 31.0. The lowest BCUT2D eigenvalue weighted by atomic mass is 9.87. The molecule has 6 nitrogen and oxygen atoms in total. The van der Waals surface area contributed by atoms with Crippen molar-refractivity contribution in [1.29, 1.82) is 0 Å². The maximum atomic E-state index is 13.8. The minimum Gasteiger partial charge on any atom is -0.493 e. The first-order chi connectivity index (χ1) is 16.1. The van der Waals surface area contributed by atoms with Gasteiger partial charge in [-0.05, 0) is 52.8 Å². The highest BCUT2D eigenvalue weighted by Gasteiger charge is 2.34. The number of aromatic nitrogens is 1. The summed E-state index contributed by atoms with van der Waals surface area (Å²) in [5, 5.41) is 1.30. The zero-order valence-corrected chi connectivity index (χ0v) is 18.5. The van der Waals surface area contributed by atoms with Crippen molar-refractivity contribution in [2.75, 3.05) is 20.8 Å². The van der Waals surface area contributed by atoms with Gasteiger partial charge >= 0.3 is 0 Å². The third-order valence-electron chi connectivity index (χ3n) is 6.23. The molecule has 5 rings (SSSR count). The minimum absolute atomic E-state index is 0.216. The van der Waals surface area contributed by atoms with E-state index in [1.807, 2.05) is 65.6 Å². The van der Waals surface area contributed by atoms with Crippen molar-refractivity contribution in [2.45, 2.75) is 12.5 Å². The zero-order chi connectivity index (χ0) is 22.9. The Morgan fingerprint density at radius 1 is 0.939 bits per heavy atom. The molecule has 1 aliphatic heterocycles. The van der Waals surface area contributed by atoms with Gasteiger partial charge in [-0.3, -0.25) is 9.59 Å². The minimum atomic E-state index is -0.322. The summed E-state index contributed by atoms with van der Waals surface area (Å²) < 4.78 is 11.1. The number of fused-ring (bicyclic) bond motifs is 2. The van der Waals surface area contributed by atoms with Crippen LogP contribution in [0.2, 0.25) is 0 Å². The Morgan fingerprint density at radius 2 is 1.64 bits per heavy atom. The number of aromatic amines is 1. The van der Waals surface area contributed by atoms with E-state index >= 15 is 0 Å². The molecule has 33 heavy (non-hydrogen) atoms. The molecule has 1 amide bonds. The van der Waals surface area contributed by atoms with Crippen LogP contribution < -0.4 is 15.0 Å². The van der Waals surface area contributed by atoms with Crippen LogP contribution in [-0.4, -0.2) is 36.6 Å². The monoisotopic (exact) mass is 440 g/mol. The highest BCUT2D eigenvalue weighted by molar-refractivity contribution is 5.97. The van der Waals surface area contributed by atoms with E-state index in [-0.39, 0.29) is 23.2 Å². The fourth-order valence-corrected chi connectivity index (χ4v) is 4.64. The van der Waals surface area contributed by atoms with Gasteiger partial charge in [-0.2, -0.15) is 0 Å². The van der Waals surface area contributed by atoms with Crippen LogP contribution in [0.25, 0.3) is 10.8 Å². The van der Waals surface area contributed by atoms with E-state index in [1.165, 1.54) is 0 Å². The fraction of sp³-hybridized carbons (Fsp3) is 0.185. The quantitative estimate of drug-likeness (QED) is 0.513. The number of H-pyrrole nitrogens is 1. The lowest BCUT2D eigenvalue weighted by Gasteiger charge is -2.38. The van der Waals surface area contributed by atoms with Crippen LogP contribution in [-0.2, 0) is 6.42 Å². The highest BCUT2D eigenvalue weighted by Crippen LogP contribution is 2.41. The average Bonchev–Trinajstić information content (AvgIpc) is 2.87. The number of hydrogen-bond acceptors (Lipinski definition) is 4. The van der Waals surface area contributed by atoms with Crippen molar-refractivity contribution in [1.82, 2.24) is 9.88 Å². The molecular weight excluding hydrogens is 416 g/mol. The summed E-state index contributed by atoms with van der Waals surface area (Å²) in [7, 11) is 3.22. The van der Waals surface area contributed by atoms with E-state index in [2.05, 4.69) is 4.98 Å². The van der Waals surface area contributed by atoms with Crippen molar-refractivity contribution < 1.29 is 14.3 Å². The van der Waals surface area contributed by atoms with E-state index in [4.69, 9.17) is 9.47 Å². The summed E-state index contributed by atoms with van der Waals surface area (Å²) in [5.74, 6) is 1.07.